The van der Waals surface area contributed by atoms with Gasteiger partial charge >= 0.3 is 0 Å². The van der Waals surface area contributed by atoms with Gasteiger partial charge in [0.1, 0.15) is 5.75 Å². The molecule has 0 aromatic heterocycles. The number of nitro benzene ring substituents is 1. The van der Waals surface area contributed by atoms with Gasteiger partial charge in [0.25, 0.3) is 5.69 Å². The van der Waals surface area contributed by atoms with Crippen LogP contribution in [0.5, 0.6) is 5.75 Å². The Hall–Kier alpha value is -1.62. The van der Waals surface area contributed by atoms with Crippen LogP contribution in [-0.4, -0.2) is 10.0 Å². The maximum absolute atomic E-state index is 10.6. The summed E-state index contributed by atoms with van der Waals surface area (Å²) in [5.74, 6) is -0.00646. The van der Waals surface area contributed by atoms with Crippen molar-refractivity contribution in [1.29, 1.82) is 0 Å². The van der Waals surface area contributed by atoms with Gasteiger partial charge in [-0.2, -0.15) is 0 Å². The van der Waals surface area contributed by atoms with Crippen molar-refractivity contribution in [3.05, 3.63) is 33.9 Å². The van der Waals surface area contributed by atoms with Gasteiger partial charge in [-0.15, -0.1) is 0 Å². The maximum Gasteiger partial charge on any atom is 0.270 e. The van der Waals surface area contributed by atoms with Crippen molar-refractivity contribution >= 4 is 5.69 Å². The number of nitrogens with zero attached hydrogens (tertiary/aromatic N) is 1. The number of nitro groups is 1. The SMILES string of the molecule is CC(C)(C)[C@@H](N)c1cc([N+](=O)[O-])ccc1O. The van der Waals surface area contributed by atoms with Gasteiger partial charge in [-0.25, -0.2) is 0 Å². The van der Waals surface area contributed by atoms with Crippen LogP contribution in [-0.2, 0) is 0 Å². The summed E-state index contributed by atoms with van der Waals surface area (Å²) in [4.78, 5) is 10.1. The average Bonchev–Trinajstić information content (AvgIpc) is 2.15. The number of phenolic OH excluding ortho intramolecular Hbond substituents is 1. The van der Waals surface area contributed by atoms with Gasteiger partial charge < -0.3 is 10.8 Å². The molecule has 1 atom stereocenters. The van der Waals surface area contributed by atoms with Crippen molar-refractivity contribution in [3.63, 3.8) is 0 Å². The zero-order chi connectivity index (χ0) is 12.5. The van der Waals surface area contributed by atoms with Crippen LogP contribution in [0.25, 0.3) is 0 Å². The predicted octanol–water partition coefficient (Wildman–Crippen LogP) is 2.35. The fourth-order valence-electron chi connectivity index (χ4n) is 1.37. The van der Waals surface area contributed by atoms with Gasteiger partial charge in [0, 0.05) is 23.7 Å². The molecule has 0 bridgehead atoms. The van der Waals surface area contributed by atoms with Gasteiger partial charge in [-0.3, -0.25) is 10.1 Å². The van der Waals surface area contributed by atoms with Crippen molar-refractivity contribution in [1.82, 2.24) is 0 Å². The monoisotopic (exact) mass is 224 g/mol. The summed E-state index contributed by atoms with van der Waals surface area (Å²) in [6.45, 7) is 5.74. The number of non-ortho nitro benzene ring substituents is 1. The summed E-state index contributed by atoms with van der Waals surface area (Å²) >= 11 is 0. The van der Waals surface area contributed by atoms with Crippen molar-refractivity contribution in [2.45, 2.75) is 26.8 Å². The molecule has 88 valence electrons. The second kappa shape index (κ2) is 4.09. The molecule has 5 heteroatoms. The molecule has 16 heavy (non-hydrogen) atoms. The molecule has 0 unspecified atom stereocenters. The molecule has 0 saturated carbocycles. The van der Waals surface area contributed by atoms with E-state index >= 15 is 0 Å². The van der Waals surface area contributed by atoms with E-state index < -0.39 is 11.0 Å². The summed E-state index contributed by atoms with van der Waals surface area (Å²) in [6.07, 6.45) is 0. The number of rotatable bonds is 2. The van der Waals surface area contributed by atoms with E-state index in [1.807, 2.05) is 20.8 Å². The third-order valence-electron chi connectivity index (χ3n) is 2.49. The van der Waals surface area contributed by atoms with Gasteiger partial charge in [-0.1, -0.05) is 20.8 Å². The van der Waals surface area contributed by atoms with E-state index in [2.05, 4.69) is 0 Å². The summed E-state index contributed by atoms with van der Waals surface area (Å²) < 4.78 is 0. The molecule has 0 amide bonds. The van der Waals surface area contributed by atoms with Crippen LogP contribution in [0.3, 0.4) is 0 Å². The first-order valence-electron chi connectivity index (χ1n) is 4.96. The molecule has 0 fully saturated rings. The van der Waals surface area contributed by atoms with Crippen molar-refractivity contribution in [3.8, 4) is 5.75 Å². The third kappa shape index (κ3) is 2.49. The molecule has 0 aliphatic rings. The van der Waals surface area contributed by atoms with E-state index in [0.29, 0.717) is 5.56 Å². The zero-order valence-corrected chi connectivity index (χ0v) is 9.60. The van der Waals surface area contributed by atoms with E-state index in [-0.39, 0.29) is 16.9 Å². The molecule has 1 aromatic rings. The fourth-order valence-corrected chi connectivity index (χ4v) is 1.37. The Morgan fingerprint density at radius 2 is 2.00 bits per heavy atom. The molecule has 1 rings (SSSR count). The highest BCUT2D eigenvalue weighted by Crippen LogP contribution is 2.36. The standard InChI is InChI=1S/C11H16N2O3/c1-11(2,3)10(12)8-6-7(13(15)16)4-5-9(8)14/h4-6,10,14H,12H2,1-3H3/t10-/m0/s1. The minimum absolute atomic E-state index is 0.00646. The Morgan fingerprint density at radius 1 is 1.44 bits per heavy atom. The largest absolute Gasteiger partial charge is 0.508 e. The molecular formula is C11H16N2O3. The number of hydrogen-bond donors (Lipinski definition) is 2. The molecule has 5 nitrogen and oxygen atoms in total. The van der Waals surface area contributed by atoms with Crippen molar-refractivity contribution in [2.75, 3.05) is 0 Å². The molecular weight excluding hydrogens is 208 g/mol. The van der Waals surface area contributed by atoms with Gasteiger partial charge in [-0.05, 0) is 11.5 Å². The smallest absolute Gasteiger partial charge is 0.270 e. The lowest BCUT2D eigenvalue weighted by Gasteiger charge is -2.27. The van der Waals surface area contributed by atoms with Crippen LogP contribution in [0.2, 0.25) is 0 Å². The van der Waals surface area contributed by atoms with Crippen molar-refractivity contribution < 1.29 is 10.0 Å². The fraction of sp³-hybridized carbons (Fsp3) is 0.455. The van der Waals surface area contributed by atoms with E-state index in [0.717, 1.165) is 0 Å². The molecule has 0 saturated heterocycles. The highest BCUT2D eigenvalue weighted by atomic mass is 16.6. The average molecular weight is 224 g/mol. The van der Waals surface area contributed by atoms with Crippen LogP contribution >= 0.6 is 0 Å². The van der Waals surface area contributed by atoms with Crippen LogP contribution in [0, 0.1) is 15.5 Å². The van der Waals surface area contributed by atoms with E-state index in [1.165, 1.54) is 18.2 Å². The molecule has 0 aliphatic carbocycles. The molecule has 0 radical (unpaired) electrons. The van der Waals surface area contributed by atoms with Crippen LogP contribution in [0.4, 0.5) is 5.69 Å². The van der Waals surface area contributed by atoms with Crippen LogP contribution < -0.4 is 5.73 Å². The highest BCUT2D eigenvalue weighted by Gasteiger charge is 2.26. The Morgan fingerprint density at radius 3 is 2.44 bits per heavy atom. The van der Waals surface area contributed by atoms with Crippen LogP contribution in [0.1, 0.15) is 32.4 Å². The molecule has 3 N–H and O–H groups in total. The summed E-state index contributed by atoms with van der Waals surface area (Å²) in [5.41, 5.74) is 6.03. The molecule has 0 aliphatic heterocycles. The molecule has 1 aromatic carbocycles. The Bertz CT molecular complexity index is 410. The van der Waals surface area contributed by atoms with Crippen molar-refractivity contribution in [2.24, 2.45) is 11.1 Å². The summed E-state index contributed by atoms with van der Waals surface area (Å²) in [6, 6.07) is 3.44. The number of hydrogen-bond acceptors (Lipinski definition) is 4. The minimum atomic E-state index is -0.502. The van der Waals surface area contributed by atoms with Gasteiger partial charge in [0.05, 0.1) is 4.92 Å². The quantitative estimate of drug-likeness (QED) is 0.596. The minimum Gasteiger partial charge on any atom is -0.508 e. The summed E-state index contributed by atoms with van der Waals surface area (Å²) in [5, 5.41) is 20.3. The molecule has 0 spiro atoms. The Labute approximate surface area is 94.0 Å². The van der Waals surface area contributed by atoms with E-state index in [4.69, 9.17) is 5.73 Å². The number of nitrogens with two attached hydrogens (primary N) is 1. The van der Waals surface area contributed by atoms with Crippen LogP contribution in [0.15, 0.2) is 18.2 Å². The third-order valence-corrected chi connectivity index (χ3v) is 2.49. The van der Waals surface area contributed by atoms with Gasteiger partial charge in [0.2, 0.25) is 0 Å². The second-order valence-corrected chi connectivity index (χ2v) is 4.84. The number of phenols is 1. The number of aromatic hydroxyl groups is 1. The molecule has 0 heterocycles. The lowest BCUT2D eigenvalue weighted by atomic mass is 9.82. The highest BCUT2D eigenvalue weighted by molar-refractivity contribution is 5.45. The second-order valence-electron chi connectivity index (χ2n) is 4.84. The summed E-state index contributed by atoms with van der Waals surface area (Å²) in [7, 11) is 0. The van der Waals surface area contributed by atoms with E-state index in [9.17, 15) is 15.2 Å². The first-order valence-corrected chi connectivity index (χ1v) is 4.96. The first-order chi connectivity index (χ1) is 7.23. The first kappa shape index (κ1) is 12.4. The number of benzene rings is 1. The lowest BCUT2D eigenvalue weighted by Crippen LogP contribution is -2.26. The zero-order valence-electron chi connectivity index (χ0n) is 9.60. The van der Waals surface area contributed by atoms with E-state index in [1.54, 1.807) is 0 Å². The maximum atomic E-state index is 10.6. The Kier molecular flexibility index (Phi) is 3.19. The topological polar surface area (TPSA) is 89.4 Å². The Balaban J connectivity index is 3.22. The van der Waals surface area contributed by atoms with Gasteiger partial charge in [0.15, 0.2) is 0 Å². The predicted molar refractivity (Wildman–Crippen MR) is 61.1 cm³/mol. The lowest BCUT2D eigenvalue weighted by molar-refractivity contribution is -0.385. The normalized spacial score (nSPS) is 13.5.